The Morgan fingerprint density at radius 1 is 0.915 bits per heavy atom. The summed E-state index contributed by atoms with van der Waals surface area (Å²) in [4.78, 5) is 64.3. The summed E-state index contributed by atoms with van der Waals surface area (Å²) in [5.74, 6) is -1.39. The molecule has 2 atom stereocenters. The van der Waals surface area contributed by atoms with Crippen molar-refractivity contribution in [1.29, 1.82) is 0 Å². The number of alkyl carbamates (subject to hydrolysis) is 1. The van der Waals surface area contributed by atoms with Crippen LogP contribution in [-0.2, 0) is 14.3 Å². The highest BCUT2D eigenvalue weighted by Gasteiger charge is 2.37. The molecule has 0 radical (unpaired) electrons. The number of piperazine rings is 1. The van der Waals surface area contributed by atoms with Crippen LogP contribution in [0.25, 0.3) is 22.4 Å². The molecule has 0 spiro atoms. The van der Waals surface area contributed by atoms with Gasteiger partial charge in [-0.2, -0.15) is 4.39 Å². The average Bonchev–Trinajstić information content (AvgIpc) is 3.78. The van der Waals surface area contributed by atoms with E-state index in [9.17, 15) is 32.3 Å². The lowest BCUT2D eigenvalue weighted by molar-refractivity contribution is -0.274. The number of alkyl halides is 3. The SMILES string of the molecule is COC(=O)NCC(=O)N1C[C@@H](C)CC1c1nc(-c2ccc(-c3ccc(NC(=O)N4CCN(C5CCN(C(=O)OC(C)(C)C)CC5)CC4)cc3OC(F)(F)F)cc2)c(F)[nH]1. The van der Waals surface area contributed by atoms with Crippen LogP contribution in [-0.4, -0.2) is 131 Å². The van der Waals surface area contributed by atoms with E-state index in [0.717, 1.165) is 18.9 Å². The second-order valence-electron chi connectivity index (χ2n) is 16.0. The van der Waals surface area contributed by atoms with Crippen LogP contribution < -0.4 is 15.4 Å². The predicted molar refractivity (Wildman–Crippen MR) is 208 cm³/mol. The van der Waals surface area contributed by atoms with Crippen molar-refractivity contribution in [3.8, 4) is 28.1 Å². The van der Waals surface area contributed by atoms with Crippen molar-refractivity contribution in [2.75, 3.05) is 64.8 Å². The third-order valence-corrected chi connectivity index (χ3v) is 10.6. The number of rotatable bonds is 8. The lowest BCUT2D eigenvalue weighted by Crippen LogP contribution is -2.55. The molecule has 1 aromatic heterocycles. The minimum atomic E-state index is -5.03. The van der Waals surface area contributed by atoms with Crippen LogP contribution in [0.1, 0.15) is 58.8 Å². The number of hydrogen-bond donors (Lipinski definition) is 3. The van der Waals surface area contributed by atoms with E-state index in [1.165, 1.54) is 48.4 Å². The zero-order valence-electron chi connectivity index (χ0n) is 33.7. The molecule has 0 aliphatic carbocycles. The van der Waals surface area contributed by atoms with Crippen LogP contribution in [0.3, 0.4) is 0 Å². The van der Waals surface area contributed by atoms with Gasteiger partial charge in [-0.3, -0.25) is 9.69 Å². The number of aromatic amines is 1. The first-order valence-electron chi connectivity index (χ1n) is 19.5. The highest BCUT2D eigenvalue weighted by molar-refractivity contribution is 5.90. The zero-order chi connectivity index (χ0) is 42.6. The number of likely N-dealkylation sites (tertiary alicyclic amines) is 2. The fraction of sp³-hybridized carbons (Fsp3) is 0.525. The third kappa shape index (κ3) is 10.9. The second-order valence-corrected chi connectivity index (χ2v) is 16.0. The molecule has 2 aromatic carbocycles. The van der Waals surface area contributed by atoms with Gasteiger partial charge >= 0.3 is 24.6 Å². The molecule has 1 unspecified atom stereocenters. The molecular formula is C40H50F4N8O7. The van der Waals surface area contributed by atoms with Gasteiger partial charge in [0.15, 0.2) is 0 Å². The smallest absolute Gasteiger partial charge is 0.453 e. The molecule has 3 aliphatic rings. The molecule has 3 fully saturated rings. The van der Waals surface area contributed by atoms with E-state index in [-0.39, 0.29) is 53.3 Å². The van der Waals surface area contributed by atoms with Crippen LogP contribution in [0.2, 0.25) is 0 Å². The monoisotopic (exact) mass is 830 g/mol. The van der Waals surface area contributed by atoms with Gasteiger partial charge in [0.1, 0.15) is 29.4 Å². The number of hydrogen-bond acceptors (Lipinski definition) is 9. The van der Waals surface area contributed by atoms with Gasteiger partial charge in [-0.15, -0.1) is 13.2 Å². The Morgan fingerprint density at radius 3 is 2.20 bits per heavy atom. The lowest BCUT2D eigenvalue weighted by Gasteiger charge is -2.42. The number of nitrogens with one attached hydrogen (secondary N) is 3. The number of halogens is 4. The number of amides is 5. The number of carbonyl (C=O) groups excluding carboxylic acids is 4. The molecule has 3 aromatic rings. The molecule has 4 heterocycles. The normalized spacial score (nSPS) is 19.4. The Balaban J connectivity index is 1.08. The standard InChI is InChI=1S/C40H50F4N8O7/c1-24-20-30(52(23-24)32(53)22-45-37(55)57-5)35-47-33(34(41)48-35)26-8-6-25(7-9-26)29-11-10-27(21-31(29)58-40(42,43)44)46-36(54)50-18-16-49(17-19-50)28-12-14-51(15-13-28)38(56)59-39(2,3)4/h6-11,21,24,28,30H,12-20,22-23H2,1-5H3,(H,45,55)(H,46,54)(H,47,48)/t24-,30?/m0/s1. The van der Waals surface area contributed by atoms with Gasteiger partial charge in [0.2, 0.25) is 11.9 Å². The van der Waals surface area contributed by atoms with Crippen molar-refractivity contribution < 1.29 is 51.0 Å². The molecular weight excluding hydrogens is 780 g/mol. The Hall–Kier alpha value is -5.59. The maximum Gasteiger partial charge on any atom is 0.573 e. The Labute approximate surface area is 339 Å². The molecule has 19 heteroatoms. The average molecular weight is 831 g/mol. The number of urea groups is 1. The minimum absolute atomic E-state index is 0.0413. The van der Waals surface area contributed by atoms with Gasteiger partial charge in [-0.05, 0) is 63.6 Å². The molecule has 59 heavy (non-hydrogen) atoms. The van der Waals surface area contributed by atoms with Crippen molar-refractivity contribution in [3.05, 3.63) is 54.2 Å². The van der Waals surface area contributed by atoms with Crippen LogP contribution in [0, 0.1) is 11.9 Å². The predicted octanol–water partition coefficient (Wildman–Crippen LogP) is 6.60. The Bertz CT molecular complexity index is 1990. The fourth-order valence-corrected chi connectivity index (χ4v) is 7.71. The first-order valence-corrected chi connectivity index (χ1v) is 19.5. The highest BCUT2D eigenvalue weighted by Crippen LogP contribution is 2.39. The first kappa shape index (κ1) is 43.0. The summed E-state index contributed by atoms with van der Waals surface area (Å²) in [5.41, 5.74) is 0.236. The molecule has 3 aliphatic heterocycles. The summed E-state index contributed by atoms with van der Waals surface area (Å²) in [6.45, 7) is 10.7. The van der Waals surface area contributed by atoms with E-state index in [4.69, 9.17) is 4.74 Å². The molecule has 3 saturated heterocycles. The number of carbonyl (C=O) groups is 4. The number of aromatic nitrogens is 2. The number of nitrogens with zero attached hydrogens (tertiary/aromatic N) is 5. The highest BCUT2D eigenvalue weighted by atomic mass is 19.4. The number of benzene rings is 2. The first-order chi connectivity index (χ1) is 27.9. The van der Waals surface area contributed by atoms with Crippen LogP contribution in [0.4, 0.5) is 37.6 Å². The molecule has 0 saturated carbocycles. The van der Waals surface area contributed by atoms with Gasteiger partial charge in [0.25, 0.3) is 0 Å². The fourth-order valence-electron chi connectivity index (χ4n) is 7.71. The zero-order valence-corrected chi connectivity index (χ0v) is 33.7. The van der Waals surface area contributed by atoms with Crippen molar-refractivity contribution in [3.63, 3.8) is 0 Å². The third-order valence-electron chi connectivity index (χ3n) is 10.6. The van der Waals surface area contributed by atoms with E-state index in [2.05, 4.69) is 35.0 Å². The van der Waals surface area contributed by atoms with Gasteiger partial charge in [0.05, 0.1) is 13.2 Å². The van der Waals surface area contributed by atoms with E-state index in [0.29, 0.717) is 63.4 Å². The van der Waals surface area contributed by atoms with Crippen LogP contribution in [0.5, 0.6) is 5.75 Å². The van der Waals surface area contributed by atoms with Crippen molar-refractivity contribution >= 4 is 29.8 Å². The van der Waals surface area contributed by atoms with E-state index in [1.54, 1.807) is 9.80 Å². The number of methoxy groups -OCH3 is 1. The van der Waals surface area contributed by atoms with E-state index >= 15 is 4.39 Å². The summed E-state index contributed by atoms with van der Waals surface area (Å²) in [5, 5.41) is 5.05. The van der Waals surface area contributed by atoms with Crippen molar-refractivity contribution in [2.45, 2.75) is 71.0 Å². The lowest BCUT2D eigenvalue weighted by atomic mass is 10.0. The summed E-state index contributed by atoms with van der Waals surface area (Å²) in [6, 6.07) is 9.25. The van der Waals surface area contributed by atoms with Gasteiger partial charge in [0, 0.05) is 74.7 Å². The molecule has 3 N–H and O–H groups in total. The molecule has 5 amide bonds. The number of H-pyrrole nitrogens is 1. The maximum absolute atomic E-state index is 15.3. The summed E-state index contributed by atoms with van der Waals surface area (Å²) in [7, 11) is 1.18. The van der Waals surface area contributed by atoms with Gasteiger partial charge < -0.3 is 44.5 Å². The van der Waals surface area contributed by atoms with Crippen LogP contribution >= 0.6 is 0 Å². The Morgan fingerprint density at radius 2 is 1.58 bits per heavy atom. The van der Waals surface area contributed by atoms with Gasteiger partial charge in [-0.25, -0.2) is 19.4 Å². The maximum atomic E-state index is 15.3. The Kier molecular flexibility index (Phi) is 12.9. The number of piperidine rings is 1. The summed E-state index contributed by atoms with van der Waals surface area (Å²) >= 11 is 0. The topological polar surface area (TPSA) is 162 Å². The second kappa shape index (κ2) is 17.7. The van der Waals surface area contributed by atoms with E-state index < -0.39 is 41.8 Å². The largest absolute Gasteiger partial charge is 0.573 e. The molecule has 0 bridgehead atoms. The molecule has 6 rings (SSSR count). The molecule has 15 nitrogen and oxygen atoms in total. The number of anilines is 1. The van der Waals surface area contributed by atoms with Crippen molar-refractivity contribution in [2.24, 2.45) is 5.92 Å². The van der Waals surface area contributed by atoms with Crippen LogP contribution in [0.15, 0.2) is 42.5 Å². The minimum Gasteiger partial charge on any atom is -0.453 e. The molecule has 320 valence electrons. The summed E-state index contributed by atoms with van der Waals surface area (Å²) in [6.07, 6.45) is -4.05. The van der Waals surface area contributed by atoms with Crippen molar-refractivity contribution in [1.82, 2.24) is 34.9 Å². The van der Waals surface area contributed by atoms with E-state index in [1.807, 2.05) is 27.7 Å². The number of imidazole rings is 1. The summed E-state index contributed by atoms with van der Waals surface area (Å²) < 4.78 is 70.7. The quantitative estimate of drug-likeness (QED) is 0.213. The van der Waals surface area contributed by atoms with Gasteiger partial charge in [-0.1, -0.05) is 31.2 Å². The number of ether oxygens (including phenoxy) is 3.